The second-order valence-corrected chi connectivity index (χ2v) is 17.5. The number of esters is 3. The van der Waals surface area contributed by atoms with Crippen molar-refractivity contribution in [1.29, 1.82) is 0 Å². The fourth-order valence-corrected chi connectivity index (χ4v) is 7.17. The molecular formula is C58H98O6. The first-order valence-electron chi connectivity index (χ1n) is 26.7. The van der Waals surface area contributed by atoms with Gasteiger partial charge in [0.15, 0.2) is 6.10 Å². The Balaban J connectivity index is 4.46. The zero-order valence-electron chi connectivity index (χ0n) is 41.8. The molecule has 0 saturated carbocycles. The third-order valence-electron chi connectivity index (χ3n) is 11.2. The van der Waals surface area contributed by atoms with Gasteiger partial charge in [0, 0.05) is 19.3 Å². The fraction of sp³-hybridized carbons (Fsp3) is 0.707. The molecule has 1 unspecified atom stereocenters. The van der Waals surface area contributed by atoms with Crippen molar-refractivity contribution in [3.8, 4) is 0 Å². The van der Waals surface area contributed by atoms with Crippen LogP contribution in [0.15, 0.2) is 85.1 Å². The number of hydrogen-bond acceptors (Lipinski definition) is 6. The van der Waals surface area contributed by atoms with Gasteiger partial charge in [-0.05, 0) is 89.9 Å². The van der Waals surface area contributed by atoms with Gasteiger partial charge in [0.2, 0.25) is 0 Å². The Morgan fingerprint density at radius 3 is 1.02 bits per heavy atom. The Kier molecular flexibility index (Phi) is 49.4. The van der Waals surface area contributed by atoms with Crippen molar-refractivity contribution in [1.82, 2.24) is 0 Å². The van der Waals surface area contributed by atoms with Crippen LogP contribution in [0.5, 0.6) is 0 Å². The fourth-order valence-electron chi connectivity index (χ4n) is 7.17. The maximum absolute atomic E-state index is 12.8. The van der Waals surface area contributed by atoms with Crippen LogP contribution >= 0.6 is 0 Å². The monoisotopic (exact) mass is 891 g/mol. The first-order valence-corrected chi connectivity index (χ1v) is 26.7. The maximum atomic E-state index is 12.8. The SMILES string of the molecule is CCC\C=C/C=C\C=C/C=C\C=C/CCCCCCCC(=O)OCC(COC(=O)CCCCCCC/C=C\CCCCC)OC(=O)CCCCCCC/C=C\CCCCCCCCC. The van der Waals surface area contributed by atoms with E-state index in [2.05, 4.69) is 81.5 Å². The van der Waals surface area contributed by atoms with Crippen molar-refractivity contribution in [2.45, 2.75) is 252 Å². The van der Waals surface area contributed by atoms with E-state index in [-0.39, 0.29) is 31.1 Å². The van der Waals surface area contributed by atoms with Crippen molar-refractivity contribution < 1.29 is 28.6 Å². The van der Waals surface area contributed by atoms with Gasteiger partial charge in [0.1, 0.15) is 13.2 Å². The Labute approximate surface area is 395 Å². The Morgan fingerprint density at radius 1 is 0.312 bits per heavy atom. The van der Waals surface area contributed by atoms with E-state index in [1.54, 1.807) is 0 Å². The minimum Gasteiger partial charge on any atom is -0.462 e. The lowest BCUT2D eigenvalue weighted by atomic mass is 10.1. The maximum Gasteiger partial charge on any atom is 0.306 e. The van der Waals surface area contributed by atoms with Gasteiger partial charge in [-0.25, -0.2) is 0 Å². The lowest BCUT2D eigenvalue weighted by Crippen LogP contribution is -2.30. The van der Waals surface area contributed by atoms with E-state index in [4.69, 9.17) is 14.2 Å². The van der Waals surface area contributed by atoms with Crippen LogP contribution in [0.2, 0.25) is 0 Å². The summed E-state index contributed by atoms with van der Waals surface area (Å²) in [5, 5.41) is 0. The molecule has 64 heavy (non-hydrogen) atoms. The molecule has 6 heteroatoms. The molecule has 0 bridgehead atoms. The van der Waals surface area contributed by atoms with Crippen LogP contribution in [-0.4, -0.2) is 37.2 Å². The van der Waals surface area contributed by atoms with Crippen LogP contribution in [0.4, 0.5) is 0 Å². The van der Waals surface area contributed by atoms with Crippen molar-refractivity contribution in [2.24, 2.45) is 0 Å². The van der Waals surface area contributed by atoms with Gasteiger partial charge in [-0.3, -0.25) is 14.4 Å². The van der Waals surface area contributed by atoms with Gasteiger partial charge in [0.05, 0.1) is 0 Å². The largest absolute Gasteiger partial charge is 0.462 e. The summed E-state index contributed by atoms with van der Waals surface area (Å²) in [5.41, 5.74) is 0. The molecule has 0 heterocycles. The average molecular weight is 891 g/mol. The van der Waals surface area contributed by atoms with E-state index in [0.717, 1.165) is 103 Å². The van der Waals surface area contributed by atoms with Crippen LogP contribution < -0.4 is 0 Å². The normalized spacial score (nSPS) is 12.7. The smallest absolute Gasteiger partial charge is 0.306 e. The second-order valence-electron chi connectivity index (χ2n) is 17.5. The number of carbonyl (C=O) groups excluding carboxylic acids is 3. The molecule has 0 rings (SSSR count). The van der Waals surface area contributed by atoms with E-state index >= 15 is 0 Å². The molecule has 1 atom stereocenters. The summed E-state index contributed by atoms with van der Waals surface area (Å²) in [7, 11) is 0. The molecule has 6 nitrogen and oxygen atoms in total. The first-order chi connectivity index (χ1) is 31.5. The molecule has 0 aromatic carbocycles. The standard InChI is InChI=1S/C58H98O6/c1-4-7-10-13-16-19-22-25-27-29-30-32-33-36-39-42-45-48-51-57(60)63-54-55(53-62-56(59)50-47-44-41-38-35-24-21-18-15-12-9-6-3)64-58(61)52-49-46-43-40-37-34-31-28-26-23-20-17-14-11-8-5-2/h10,13,16,18-19,21-22,25,27-32,55H,4-9,11-12,14-15,17,20,23-24,26,33-54H2,1-3H3/b13-10-,19-16-,21-18-,25-22-,29-27-,31-28-,32-30-. The van der Waals surface area contributed by atoms with E-state index in [0.29, 0.717) is 19.3 Å². The Morgan fingerprint density at radius 2 is 0.609 bits per heavy atom. The van der Waals surface area contributed by atoms with Gasteiger partial charge in [0.25, 0.3) is 0 Å². The molecule has 0 aliphatic carbocycles. The molecule has 0 aliphatic rings. The zero-order chi connectivity index (χ0) is 46.5. The lowest BCUT2D eigenvalue weighted by molar-refractivity contribution is -0.167. The Hall–Kier alpha value is -3.41. The molecule has 366 valence electrons. The summed E-state index contributed by atoms with van der Waals surface area (Å²) in [6, 6.07) is 0. The van der Waals surface area contributed by atoms with Crippen LogP contribution in [0, 0.1) is 0 Å². The topological polar surface area (TPSA) is 78.9 Å². The third-order valence-corrected chi connectivity index (χ3v) is 11.2. The number of ether oxygens (including phenoxy) is 3. The molecule has 0 fully saturated rings. The van der Waals surface area contributed by atoms with E-state index in [9.17, 15) is 14.4 Å². The minimum absolute atomic E-state index is 0.0930. The molecule has 0 aliphatic heterocycles. The van der Waals surface area contributed by atoms with E-state index in [1.807, 2.05) is 24.3 Å². The molecule has 0 aromatic rings. The van der Waals surface area contributed by atoms with Crippen molar-refractivity contribution in [3.05, 3.63) is 85.1 Å². The van der Waals surface area contributed by atoms with Crippen LogP contribution in [0.3, 0.4) is 0 Å². The predicted octanol–water partition coefficient (Wildman–Crippen LogP) is 17.6. The highest BCUT2D eigenvalue weighted by Crippen LogP contribution is 2.14. The van der Waals surface area contributed by atoms with Gasteiger partial charge in [-0.2, -0.15) is 0 Å². The highest BCUT2D eigenvalue weighted by Gasteiger charge is 2.19. The van der Waals surface area contributed by atoms with Crippen LogP contribution in [-0.2, 0) is 28.6 Å². The average Bonchev–Trinajstić information content (AvgIpc) is 3.29. The van der Waals surface area contributed by atoms with Crippen molar-refractivity contribution in [3.63, 3.8) is 0 Å². The second kappa shape index (κ2) is 52.2. The van der Waals surface area contributed by atoms with E-state index < -0.39 is 6.10 Å². The molecule has 0 aromatic heterocycles. The highest BCUT2D eigenvalue weighted by molar-refractivity contribution is 5.71. The van der Waals surface area contributed by atoms with Gasteiger partial charge >= 0.3 is 17.9 Å². The summed E-state index contributed by atoms with van der Waals surface area (Å²) in [6.07, 6.45) is 67.0. The lowest BCUT2D eigenvalue weighted by Gasteiger charge is -2.18. The van der Waals surface area contributed by atoms with Crippen LogP contribution in [0.1, 0.15) is 245 Å². The highest BCUT2D eigenvalue weighted by atomic mass is 16.6. The zero-order valence-corrected chi connectivity index (χ0v) is 41.8. The minimum atomic E-state index is -0.795. The number of carbonyl (C=O) groups is 3. The summed E-state index contributed by atoms with van der Waals surface area (Å²) in [4.78, 5) is 38.0. The summed E-state index contributed by atoms with van der Waals surface area (Å²) in [6.45, 7) is 6.49. The first kappa shape index (κ1) is 60.6. The molecular weight excluding hydrogens is 793 g/mol. The molecule has 0 spiro atoms. The van der Waals surface area contributed by atoms with Crippen LogP contribution in [0.25, 0.3) is 0 Å². The predicted molar refractivity (Wildman–Crippen MR) is 274 cm³/mol. The summed E-state index contributed by atoms with van der Waals surface area (Å²) >= 11 is 0. The Bertz CT molecular complexity index is 1250. The summed E-state index contributed by atoms with van der Waals surface area (Å²) < 4.78 is 16.8. The number of unbranched alkanes of at least 4 members (excludes halogenated alkanes) is 26. The van der Waals surface area contributed by atoms with Gasteiger partial charge < -0.3 is 14.2 Å². The molecule has 0 saturated heterocycles. The molecule has 0 radical (unpaired) electrons. The van der Waals surface area contributed by atoms with Crippen molar-refractivity contribution >= 4 is 17.9 Å². The quantitative estimate of drug-likeness (QED) is 0.0199. The van der Waals surface area contributed by atoms with Gasteiger partial charge in [-0.15, -0.1) is 0 Å². The van der Waals surface area contributed by atoms with Gasteiger partial charge in [-0.1, -0.05) is 221 Å². The van der Waals surface area contributed by atoms with Crippen molar-refractivity contribution in [2.75, 3.05) is 13.2 Å². The summed E-state index contributed by atoms with van der Waals surface area (Å²) in [5.74, 6) is -0.935. The molecule has 0 amide bonds. The number of allylic oxidation sites excluding steroid dienone is 14. The molecule has 0 N–H and O–H groups in total. The number of hydrogen-bond donors (Lipinski definition) is 0. The number of rotatable bonds is 47. The third kappa shape index (κ3) is 49.6. The van der Waals surface area contributed by atoms with E-state index in [1.165, 1.54) is 103 Å².